The summed E-state index contributed by atoms with van der Waals surface area (Å²) in [4.78, 5) is 3.21. The summed E-state index contributed by atoms with van der Waals surface area (Å²) in [6.45, 7) is 1.52. The Bertz CT molecular complexity index is 411. The summed E-state index contributed by atoms with van der Waals surface area (Å²) in [7, 11) is 0. The second-order valence-corrected chi connectivity index (χ2v) is 3.57. The van der Waals surface area contributed by atoms with Gasteiger partial charge in [-0.05, 0) is 18.6 Å². The van der Waals surface area contributed by atoms with Gasteiger partial charge in [0, 0.05) is 5.69 Å². The topological polar surface area (TPSA) is 33.1 Å². The number of halogens is 6. The molecule has 0 saturated heterocycles. The Morgan fingerprint density at radius 1 is 1.06 bits per heavy atom. The van der Waals surface area contributed by atoms with Crippen molar-refractivity contribution >= 4 is 0 Å². The minimum absolute atomic E-state index is 0.0272. The minimum Gasteiger partial charge on any atom is -0.368 e. The van der Waals surface area contributed by atoms with Gasteiger partial charge in [0.1, 0.15) is 0 Å². The number of pyridine rings is 1. The SMILES string of the molecule is CCc1cccc(C(O)(C(F)(F)F)C(F)(F)F)n1. The molecule has 0 radical (unpaired) electrons. The molecule has 1 heterocycles. The smallest absolute Gasteiger partial charge is 0.368 e. The van der Waals surface area contributed by atoms with Crippen LogP contribution in [0.1, 0.15) is 18.3 Å². The third kappa shape index (κ3) is 2.29. The third-order valence-electron chi connectivity index (χ3n) is 2.36. The highest BCUT2D eigenvalue weighted by Crippen LogP contribution is 2.49. The van der Waals surface area contributed by atoms with Crippen molar-refractivity contribution in [3.63, 3.8) is 0 Å². The molecule has 102 valence electrons. The highest BCUT2D eigenvalue weighted by Gasteiger charge is 2.72. The molecule has 2 nitrogen and oxygen atoms in total. The normalized spacial score (nSPS) is 13.8. The predicted molar refractivity (Wildman–Crippen MR) is 49.6 cm³/mol. The van der Waals surface area contributed by atoms with Crippen LogP contribution in [-0.4, -0.2) is 22.4 Å². The van der Waals surface area contributed by atoms with Gasteiger partial charge in [0.25, 0.3) is 5.60 Å². The zero-order valence-corrected chi connectivity index (χ0v) is 9.10. The van der Waals surface area contributed by atoms with E-state index in [1.54, 1.807) is 0 Å². The van der Waals surface area contributed by atoms with Crippen LogP contribution in [0.3, 0.4) is 0 Å². The molecule has 1 rings (SSSR count). The van der Waals surface area contributed by atoms with Gasteiger partial charge in [0.15, 0.2) is 0 Å². The van der Waals surface area contributed by atoms with Crippen LogP contribution in [0.2, 0.25) is 0 Å². The third-order valence-corrected chi connectivity index (χ3v) is 2.36. The molecule has 0 aliphatic carbocycles. The molecule has 0 atom stereocenters. The lowest BCUT2D eigenvalue weighted by Gasteiger charge is -2.31. The van der Waals surface area contributed by atoms with E-state index < -0.39 is 23.6 Å². The Balaban J connectivity index is 3.45. The summed E-state index contributed by atoms with van der Waals surface area (Å²) in [5.41, 5.74) is -6.40. The standard InChI is InChI=1S/C10H9F6NO/c1-2-6-4-3-5-7(17-6)8(18,9(11,12)13)10(14,15)16/h3-5,18H,2H2,1H3. The average Bonchev–Trinajstić information content (AvgIpc) is 2.25. The molecule has 1 N–H and O–H groups in total. The summed E-state index contributed by atoms with van der Waals surface area (Å²) in [6, 6.07) is 2.76. The van der Waals surface area contributed by atoms with Gasteiger partial charge < -0.3 is 5.11 Å². The van der Waals surface area contributed by atoms with Crippen molar-refractivity contribution in [1.29, 1.82) is 0 Å². The van der Waals surface area contributed by atoms with E-state index in [0.717, 1.165) is 6.07 Å². The maximum absolute atomic E-state index is 12.5. The first-order valence-corrected chi connectivity index (χ1v) is 4.86. The first kappa shape index (κ1) is 14.7. The van der Waals surface area contributed by atoms with Gasteiger partial charge in [-0.25, -0.2) is 0 Å². The predicted octanol–water partition coefficient (Wildman–Crippen LogP) is 2.96. The molecule has 0 aliphatic heterocycles. The van der Waals surface area contributed by atoms with Crippen molar-refractivity contribution in [3.8, 4) is 0 Å². The van der Waals surface area contributed by atoms with E-state index in [0.29, 0.717) is 6.07 Å². The van der Waals surface area contributed by atoms with Crippen LogP contribution in [0.5, 0.6) is 0 Å². The molecule has 8 heteroatoms. The Hall–Kier alpha value is -1.31. The van der Waals surface area contributed by atoms with Crippen LogP contribution in [-0.2, 0) is 12.0 Å². The molecule has 1 aromatic heterocycles. The maximum Gasteiger partial charge on any atom is 0.432 e. The molecule has 0 spiro atoms. The van der Waals surface area contributed by atoms with E-state index in [1.165, 1.54) is 13.0 Å². The minimum atomic E-state index is -5.90. The molecule has 0 fully saturated rings. The average molecular weight is 273 g/mol. The quantitative estimate of drug-likeness (QED) is 0.840. The van der Waals surface area contributed by atoms with Gasteiger partial charge in [-0.15, -0.1) is 0 Å². The van der Waals surface area contributed by atoms with Crippen LogP contribution in [0, 0.1) is 0 Å². The summed E-state index contributed by atoms with van der Waals surface area (Å²) in [5, 5.41) is 9.06. The molecule has 0 saturated carbocycles. The number of hydrogen-bond donors (Lipinski definition) is 1. The first-order valence-electron chi connectivity index (χ1n) is 4.86. The fourth-order valence-corrected chi connectivity index (χ4v) is 1.33. The van der Waals surface area contributed by atoms with Crippen molar-refractivity contribution in [2.24, 2.45) is 0 Å². The summed E-state index contributed by atoms with van der Waals surface area (Å²) < 4.78 is 75.1. The zero-order valence-electron chi connectivity index (χ0n) is 9.10. The largest absolute Gasteiger partial charge is 0.432 e. The van der Waals surface area contributed by atoms with E-state index in [1.807, 2.05) is 0 Å². The number of rotatable bonds is 2. The number of hydrogen-bond acceptors (Lipinski definition) is 2. The van der Waals surface area contributed by atoms with E-state index in [-0.39, 0.29) is 12.1 Å². The van der Waals surface area contributed by atoms with Crippen LogP contribution < -0.4 is 0 Å². The second-order valence-electron chi connectivity index (χ2n) is 3.57. The molecular weight excluding hydrogens is 264 g/mol. The molecule has 1 aromatic rings. The van der Waals surface area contributed by atoms with E-state index >= 15 is 0 Å². The number of aliphatic hydroxyl groups is 1. The monoisotopic (exact) mass is 273 g/mol. The van der Waals surface area contributed by atoms with Crippen molar-refractivity contribution in [1.82, 2.24) is 4.98 Å². The van der Waals surface area contributed by atoms with Crippen molar-refractivity contribution in [3.05, 3.63) is 29.6 Å². The van der Waals surface area contributed by atoms with Gasteiger partial charge in [-0.3, -0.25) is 4.98 Å². The van der Waals surface area contributed by atoms with Gasteiger partial charge in [-0.1, -0.05) is 13.0 Å². The fourth-order valence-electron chi connectivity index (χ4n) is 1.33. The Labute approximate surface area is 98.3 Å². The number of alkyl halides is 6. The Morgan fingerprint density at radius 2 is 1.56 bits per heavy atom. The molecule has 0 aromatic carbocycles. The molecule has 0 amide bonds. The van der Waals surface area contributed by atoms with Crippen LogP contribution in [0.4, 0.5) is 26.3 Å². The highest BCUT2D eigenvalue weighted by molar-refractivity contribution is 5.21. The Morgan fingerprint density at radius 3 is 1.94 bits per heavy atom. The van der Waals surface area contributed by atoms with Crippen LogP contribution in [0.25, 0.3) is 0 Å². The second kappa shape index (κ2) is 4.42. The van der Waals surface area contributed by atoms with Crippen molar-refractivity contribution in [2.75, 3.05) is 0 Å². The molecule has 18 heavy (non-hydrogen) atoms. The van der Waals surface area contributed by atoms with Gasteiger partial charge >= 0.3 is 12.4 Å². The lowest BCUT2D eigenvalue weighted by Crippen LogP contribution is -2.54. The summed E-state index contributed by atoms with van der Waals surface area (Å²) in [5.74, 6) is 0. The Kier molecular flexibility index (Phi) is 3.62. The highest BCUT2D eigenvalue weighted by atomic mass is 19.4. The first-order chi connectivity index (χ1) is 8.04. The summed E-state index contributed by atoms with van der Waals surface area (Å²) in [6.07, 6.45) is -11.6. The van der Waals surface area contributed by atoms with Gasteiger partial charge in [-0.2, -0.15) is 26.3 Å². The molecule has 0 bridgehead atoms. The zero-order chi connectivity index (χ0) is 14.2. The molecular formula is C10H9F6NO. The lowest BCUT2D eigenvalue weighted by molar-refractivity contribution is -0.377. The van der Waals surface area contributed by atoms with Crippen molar-refractivity contribution < 1.29 is 31.4 Å². The van der Waals surface area contributed by atoms with Gasteiger partial charge in [0.2, 0.25) is 0 Å². The lowest BCUT2D eigenvalue weighted by atomic mass is 9.97. The van der Waals surface area contributed by atoms with Crippen molar-refractivity contribution in [2.45, 2.75) is 31.3 Å². The van der Waals surface area contributed by atoms with E-state index in [4.69, 9.17) is 5.11 Å². The van der Waals surface area contributed by atoms with Gasteiger partial charge in [0.05, 0.1) is 5.69 Å². The number of nitrogens with zero attached hydrogens (tertiary/aromatic N) is 1. The fraction of sp³-hybridized carbons (Fsp3) is 0.500. The van der Waals surface area contributed by atoms with Crippen LogP contribution >= 0.6 is 0 Å². The number of aryl methyl sites for hydroxylation is 1. The van der Waals surface area contributed by atoms with Crippen LogP contribution in [0.15, 0.2) is 18.2 Å². The molecule has 0 unspecified atom stereocenters. The summed E-state index contributed by atoms with van der Waals surface area (Å²) >= 11 is 0. The number of aromatic nitrogens is 1. The van der Waals surface area contributed by atoms with E-state index in [9.17, 15) is 26.3 Å². The molecule has 0 aliphatic rings. The van der Waals surface area contributed by atoms with E-state index in [2.05, 4.69) is 4.98 Å². The maximum atomic E-state index is 12.5.